The lowest BCUT2D eigenvalue weighted by molar-refractivity contribution is -0.0815. The minimum Gasteiger partial charge on any atom is -0.398 e. The Morgan fingerprint density at radius 1 is 1.24 bits per heavy atom. The average Bonchev–Trinajstić information content (AvgIpc) is 3.33. The minimum absolute atomic E-state index is 0.0174. The van der Waals surface area contributed by atoms with Gasteiger partial charge in [0.05, 0.1) is 53.5 Å². The molecule has 34 heavy (non-hydrogen) atoms. The van der Waals surface area contributed by atoms with Gasteiger partial charge >= 0.3 is 0 Å². The van der Waals surface area contributed by atoms with Crippen molar-refractivity contribution < 1.29 is 9.47 Å². The average molecular weight is 483 g/mol. The van der Waals surface area contributed by atoms with Crippen LogP contribution >= 0.6 is 11.6 Å². The highest BCUT2D eigenvalue weighted by molar-refractivity contribution is 6.33. The van der Waals surface area contributed by atoms with Crippen LogP contribution in [-0.2, 0) is 15.9 Å². The zero-order chi connectivity index (χ0) is 23.8. The van der Waals surface area contributed by atoms with Crippen molar-refractivity contribution in [3.05, 3.63) is 64.7 Å². The van der Waals surface area contributed by atoms with Gasteiger partial charge in [0.2, 0.25) is 0 Å². The van der Waals surface area contributed by atoms with E-state index in [4.69, 9.17) is 32.5 Å². The number of hydrogen-bond acceptors (Lipinski definition) is 7. The van der Waals surface area contributed by atoms with Gasteiger partial charge in [0, 0.05) is 25.9 Å². The Labute approximate surface area is 205 Å². The number of fused-ring (bicyclic) bond motifs is 3. The van der Waals surface area contributed by atoms with E-state index in [1.54, 1.807) is 19.6 Å². The number of halogens is 1. The molecule has 0 saturated carbocycles. The number of imidazole rings is 1. The number of anilines is 3. The molecular formula is C25H31ClN6O2. The predicted molar refractivity (Wildman–Crippen MR) is 135 cm³/mol. The highest BCUT2D eigenvalue weighted by atomic mass is 35.5. The second-order valence-corrected chi connectivity index (χ2v) is 9.23. The van der Waals surface area contributed by atoms with Crippen LogP contribution < -0.4 is 16.4 Å². The lowest BCUT2D eigenvalue weighted by atomic mass is 10.0. The summed E-state index contributed by atoms with van der Waals surface area (Å²) >= 11 is 6.70. The fourth-order valence-corrected chi connectivity index (χ4v) is 5.34. The lowest BCUT2D eigenvalue weighted by Crippen LogP contribution is -2.44. The summed E-state index contributed by atoms with van der Waals surface area (Å²) in [5.41, 5.74) is 19.9. The van der Waals surface area contributed by atoms with Crippen molar-refractivity contribution >= 4 is 28.7 Å². The van der Waals surface area contributed by atoms with E-state index in [1.807, 2.05) is 35.8 Å². The highest BCUT2D eigenvalue weighted by Crippen LogP contribution is 2.46. The molecule has 0 bridgehead atoms. The summed E-state index contributed by atoms with van der Waals surface area (Å²) in [6.45, 7) is 5.26. The predicted octanol–water partition coefficient (Wildman–Crippen LogP) is 3.76. The molecule has 9 heteroatoms. The smallest absolute Gasteiger partial charge is 0.125 e. The molecule has 2 atom stereocenters. The van der Waals surface area contributed by atoms with Crippen LogP contribution in [-0.4, -0.2) is 54.1 Å². The summed E-state index contributed by atoms with van der Waals surface area (Å²) < 4.78 is 13.3. The van der Waals surface area contributed by atoms with Gasteiger partial charge in [-0.1, -0.05) is 23.7 Å². The number of ether oxygens (including phenoxy) is 2. The standard InChI is InChI=1S/C25H31ClN6O2/c1-16-4-3-5-18(26)24(16)32-21-12-17(6-7-23(33-2)30-8-10-34-11-9-30)19(27)13-20(21)31-15-29-14-22(31)25(32)28/h3-5,12-15,23,25H,6-11,27-28H2,1-2H3. The van der Waals surface area contributed by atoms with Crippen LogP contribution in [0.3, 0.4) is 0 Å². The van der Waals surface area contributed by atoms with Gasteiger partial charge in [0.15, 0.2) is 0 Å². The topological polar surface area (TPSA) is 94.8 Å². The van der Waals surface area contributed by atoms with Gasteiger partial charge in [-0.3, -0.25) is 9.47 Å². The monoisotopic (exact) mass is 482 g/mol. The number of nitrogens with zero attached hydrogens (tertiary/aromatic N) is 4. The maximum absolute atomic E-state index is 6.79. The van der Waals surface area contributed by atoms with Gasteiger partial charge in [-0.05, 0) is 49.1 Å². The van der Waals surface area contributed by atoms with Crippen molar-refractivity contribution in [3.63, 3.8) is 0 Å². The Hall–Kier alpha value is -2.62. The SMILES string of the molecule is COC(CCc1cc2c(cc1N)-n1cncc1C(N)N2c1c(C)cccc1Cl)N1CCOCC1. The number of benzene rings is 2. The van der Waals surface area contributed by atoms with Crippen molar-refractivity contribution in [2.45, 2.75) is 32.2 Å². The molecule has 1 fully saturated rings. The molecule has 0 amide bonds. The van der Waals surface area contributed by atoms with Crippen LogP contribution in [0.25, 0.3) is 5.69 Å². The molecule has 2 aliphatic rings. The van der Waals surface area contributed by atoms with Gasteiger partial charge < -0.3 is 25.8 Å². The quantitative estimate of drug-likeness (QED) is 0.516. The van der Waals surface area contributed by atoms with E-state index >= 15 is 0 Å². The Kier molecular flexibility index (Phi) is 6.50. The van der Waals surface area contributed by atoms with Crippen molar-refractivity contribution in [3.8, 4) is 5.69 Å². The van der Waals surface area contributed by atoms with Crippen LogP contribution in [0.5, 0.6) is 0 Å². The molecular weight excluding hydrogens is 452 g/mol. The Morgan fingerprint density at radius 2 is 2.03 bits per heavy atom. The molecule has 3 aromatic rings. The number of aromatic nitrogens is 2. The van der Waals surface area contributed by atoms with Crippen molar-refractivity contribution in [2.24, 2.45) is 5.73 Å². The molecule has 5 rings (SSSR count). The molecule has 4 N–H and O–H groups in total. The third-order valence-electron chi connectivity index (χ3n) is 6.82. The number of rotatable bonds is 6. The molecule has 1 saturated heterocycles. The summed E-state index contributed by atoms with van der Waals surface area (Å²) in [7, 11) is 1.76. The van der Waals surface area contributed by atoms with Crippen molar-refractivity contribution in [2.75, 3.05) is 44.0 Å². The van der Waals surface area contributed by atoms with Crippen LogP contribution in [0, 0.1) is 6.92 Å². The van der Waals surface area contributed by atoms with Gasteiger partial charge in [0.25, 0.3) is 0 Å². The van der Waals surface area contributed by atoms with E-state index in [9.17, 15) is 0 Å². The molecule has 2 aliphatic heterocycles. The summed E-state index contributed by atoms with van der Waals surface area (Å²) in [4.78, 5) is 8.78. The lowest BCUT2D eigenvalue weighted by Gasteiger charge is -2.39. The Bertz CT molecular complexity index is 1160. The summed E-state index contributed by atoms with van der Waals surface area (Å²) in [6, 6.07) is 10.0. The number of nitrogens with two attached hydrogens (primary N) is 2. The number of aryl methyl sites for hydroxylation is 2. The first-order chi connectivity index (χ1) is 16.5. The van der Waals surface area contributed by atoms with Crippen molar-refractivity contribution in [1.82, 2.24) is 14.5 Å². The molecule has 0 radical (unpaired) electrons. The molecule has 2 aromatic carbocycles. The van der Waals surface area contributed by atoms with Crippen LogP contribution in [0.2, 0.25) is 5.02 Å². The fourth-order valence-electron chi connectivity index (χ4n) is 5.03. The van der Waals surface area contributed by atoms with E-state index in [1.165, 1.54) is 0 Å². The molecule has 0 spiro atoms. The second kappa shape index (κ2) is 9.56. The third kappa shape index (κ3) is 4.06. The highest BCUT2D eigenvalue weighted by Gasteiger charge is 2.33. The maximum atomic E-state index is 6.79. The Morgan fingerprint density at radius 3 is 2.76 bits per heavy atom. The largest absolute Gasteiger partial charge is 0.398 e. The van der Waals surface area contributed by atoms with E-state index in [2.05, 4.69) is 20.9 Å². The van der Waals surface area contributed by atoms with Gasteiger partial charge in [-0.15, -0.1) is 0 Å². The second-order valence-electron chi connectivity index (χ2n) is 8.83. The molecule has 1 aromatic heterocycles. The first-order valence-corrected chi connectivity index (χ1v) is 12.0. The molecule has 2 unspecified atom stereocenters. The Balaban J connectivity index is 1.53. The van der Waals surface area contributed by atoms with Gasteiger partial charge in [-0.25, -0.2) is 4.98 Å². The van der Waals surface area contributed by atoms with Gasteiger partial charge in [0.1, 0.15) is 12.4 Å². The summed E-state index contributed by atoms with van der Waals surface area (Å²) in [5, 5.41) is 0.652. The number of morpholine rings is 1. The van der Waals surface area contributed by atoms with Crippen LogP contribution in [0.4, 0.5) is 17.1 Å². The third-order valence-corrected chi connectivity index (χ3v) is 7.12. The van der Waals surface area contributed by atoms with Crippen LogP contribution in [0.15, 0.2) is 42.9 Å². The molecule has 0 aliphatic carbocycles. The summed E-state index contributed by atoms with van der Waals surface area (Å²) in [5.74, 6) is 0. The number of nitrogen functional groups attached to an aromatic ring is 1. The van der Waals surface area contributed by atoms with Crippen LogP contribution in [0.1, 0.15) is 29.4 Å². The van der Waals surface area contributed by atoms with Gasteiger partial charge in [-0.2, -0.15) is 0 Å². The maximum Gasteiger partial charge on any atom is 0.125 e. The minimum atomic E-state index is -0.440. The van der Waals surface area contributed by atoms with E-state index in [0.717, 1.165) is 78.7 Å². The van der Waals surface area contributed by atoms with E-state index in [-0.39, 0.29) is 6.23 Å². The zero-order valence-electron chi connectivity index (χ0n) is 19.6. The normalized spacial score (nSPS) is 19.1. The number of hydrogen-bond donors (Lipinski definition) is 2. The molecule has 8 nitrogen and oxygen atoms in total. The first kappa shape index (κ1) is 23.1. The molecule has 3 heterocycles. The van der Waals surface area contributed by atoms with Crippen molar-refractivity contribution in [1.29, 1.82) is 0 Å². The van der Waals surface area contributed by atoms with E-state index in [0.29, 0.717) is 5.02 Å². The summed E-state index contributed by atoms with van der Waals surface area (Å²) in [6.07, 6.45) is 4.75. The zero-order valence-corrected chi connectivity index (χ0v) is 20.3. The molecule has 180 valence electrons. The fraction of sp³-hybridized carbons (Fsp3) is 0.400. The van der Waals surface area contributed by atoms with E-state index < -0.39 is 6.17 Å². The first-order valence-electron chi connectivity index (χ1n) is 11.6. The number of para-hydroxylation sites is 1. The number of methoxy groups -OCH3 is 1.